The highest BCUT2D eigenvalue weighted by Gasteiger charge is 2.02. The van der Waals surface area contributed by atoms with Crippen LogP contribution in [0, 0.1) is 0 Å². The van der Waals surface area contributed by atoms with Crippen LogP contribution in [0.3, 0.4) is 0 Å². The van der Waals surface area contributed by atoms with Gasteiger partial charge in [0.15, 0.2) is 0 Å². The molecule has 0 aliphatic heterocycles. The van der Waals surface area contributed by atoms with Crippen molar-refractivity contribution in [2.75, 3.05) is 40.4 Å². The van der Waals surface area contributed by atoms with Crippen LogP contribution in [0.15, 0.2) is 12.2 Å². The Labute approximate surface area is 203 Å². The van der Waals surface area contributed by atoms with E-state index in [0.29, 0.717) is 19.5 Å². The summed E-state index contributed by atoms with van der Waals surface area (Å²) in [4.78, 5) is 13.7. The molecule has 2 N–H and O–H groups in total. The molecule has 0 spiro atoms. The Kier molecular flexibility index (Phi) is 26.5. The Hall–Kier alpha value is -1.00. The van der Waals surface area contributed by atoms with Gasteiger partial charge in [0.25, 0.3) is 0 Å². The highest BCUT2D eigenvalue weighted by atomic mass is 32.3. The Balaban J connectivity index is 0. The summed E-state index contributed by atoms with van der Waals surface area (Å²) < 4.78 is 31.0. The minimum atomic E-state index is -4.41. The molecule has 0 aromatic rings. The van der Waals surface area contributed by atoms with Gasteiger partial charge in [-0.15, -0.1) is 0 Å². The first-order valence-electron chi connectivity index (χ1n) is 12.5. The van der Waals surface area contributed by atoms with E-state index in [4.69, 9.17) is 5.11 Å². The summed E-state index contributed by atoms with van der Waals surface area (Å²) in [6.07, 6.45) is 22.0. The summed E-state index contributed by atoms with van der Waals surface area (Å²) in [5.41, 5.74) is 0. The van der Waals surface area contributed by atoms with Crippen LogP contribution in [-0.4, -0.2) is 69.3 Å². The van der Waals surface area contributed by atoms with Crippen LogP contribution in [0.25, 0.3) is 0 Å². The first-order valence-corrected chi connectivity index (χ1v) is 13.8. The van der Waals surface area contributed by atoms with Crippen molar-refractivity contribution in [3.8, 4) is 0 Å². The summed E-state index contributed by atoms with van der Waals surface area (Å²) in [5.74, 6) is 0.157. The average molecular weight is 494 g/mol. The molecule has 198 valence electrons. The second-order valence-corrected chi connectivity index (χ2v) is 9.44. The molecule has 0 aromatic heterocycles. The van der Waals surface area contributed by atoms with Crippen LogP contribution in [0.1, 0.15) is 96.8 Å². The van der Waals surface area contributed by atoms with Crippen LogP contribution in [-0.2, 0) is 19.4 Å². The van der Waals surface area contributed by atoms with Gasteiger partial charge in [0.1, 0.15) is 0 Å². The summed E-state index contributed by atoms with van der Waals surface area (Å²) in [6, 6.07) is 0. The maximum atomic E-state index is 11.7. The molecule has 0 saturated carbocycles. The van der Waals surface area contributed by atoms with E-state index in [1.54, 1.807) is 0 Å². The Morgan fingerprint density at radius 2 is 1.42 bits per heavy atom. The molecule has 9 heteroatoms. The number of amides is 1. The zero-order chi connectivity index (χ0) is 25.2. The van der Waals surface area contributed by atoms with Crippen molar-refractivity contribution in [1.29, 1.82) is 0 Å². The summed E-state index contributed by atoms with van der Waals surface area (Å²) >= 11 is 0. The molecule has 0 rings (SSSR count). The molecule has 0 aliphatic carbocycles. The number of rotatable bonds is 21. The van der Waals surface area contributed by atoms with E-state index in [-0.39, 0.29) is 12.5 Å². The second kappa shape index (κ2) is 25.6. The largest absolute Gasteiger partial charge is 0.726 e. The van der Waals surface area contributed by atoms with E-state index in [2.05, 4.69) is 28.6 Å². The van der Waals surface area contributed by atoms with Crippen molar-refractivity contribution >= 4 is 16.3 Å². The topological polar surface area (TPSA) is 119 Å². The number of unbranched alkanes of at least 4 members (excludes halogenated alkanes) is 11. The lowest BCUT2D eigenvalue weighted by Gasteiger charge is -2.15. The predicted molar refractivity (Wildman–Crippen MR) is 134 cm³/mol. The lowest BCUT2D eigenvalue weighted by atomic mass is 10.1. The molecule has 0 unspecified atom stereocenters. The van der Waals surface area contributed by atoms with Gasteiger partial charge >= 0.3 is 0 Å². The van der Waals surface area contributed by atoms with E-state index in [9.17, 15) is 17.8 Å². The monoisotopic (exact) mass is 493 g/mol. The van der Waals surface area contributed by atoms with Gasteiger partial charge in [0.2, 0.25) is 16.3 Å². The van der Waals surface area contributed by atoms with E-state index >= 15 is 0 Å². The van der Waals surface area contributed by atoms with E-state index in [0.717, 1.165) is 26.5 Å². The Morgan fingerprint density at radius 3 is 1.91 bits per heavy atom. The third-order valence-electron chi connectivity index (χ3n) is 5.17. The number of aliphatic hydroxyl groups is 1. The number of nitrogens with one attached hydrogen (secondary N) is 1. The number of hydrogen-bond donors (Lipinski definition) is 2. The molecule has 0 fully saturated rings. The minimum Gasteiger partial charge on any atom is -0.726 e. The number of allylic oxidation sites excluding steroid dienone is 2. The van der Waals surface area contributed by atoms with E-state index in [1.165, 1.54) is 70.6 Å². The van der Waals surface area contributed by atoms with Crippen molar-refractivity contribution in [2.24, 2.45) is 0 Å². The van der Waals surface area contributed by atoms with Crippen LogP contribution < -0.4 is 5.32 Å². The molecule has 0 saturated heterocycles. The van der Waals surface area contributed by atoms with Crippen LogP contribution in [0.2, 0.25) is 0 Å². The fourth-order valence-corrected chi connectivity index (χ4v) is 3.11. The van der Waals surface area contributed by atoms with Crippen molar-refractivity contribution in [3.63, 3.8) is 0 Å². The SMILES string of the molecule is CCCCCCCC/C=C\CCCCCCCC(=O)NCCN(C)CCO.COS(=O)(=O)[O-]. The highest BCUT2D eigenvalue weighted by Crippen LogP contribution is 2.09. The molecule has 0 aliphatic rings. The van der Waals surface area contributed by atoms with E-state index in [1.807, 2.05) is 11.9 Å². The highest BCUT2D eigenvalue weighted by molar-refractivity contribution is 7.80. The quantitative estimate of drug-likeness (QED) is 0.107. The summed E-state index contributed by atoms with van der Waals surface area (Å²) in [5, 5.41) is 11.8. The number of carbonyl (C=O) groups is 1. The molecule has 0 atom stereocenters. The number of hydrogen-bond acceptors (Lipinski definition) is 7. The van der Waals surface area contributed by atoms with Gasteiger partial charge in [-0.1, -0.05) is 70.4 Å². The van der Waals surface area contributed by atoms with E-state index < -0.39 is 10.4 Å². The second-order valence-electron chi connectivity index (χ2n) is 8.29. The van der Waals surface area contributed by atoms with Gasteiger partial charge in [0, 0.05) is 26.1 Å². The van der Waals surface area contributed by atoms with Gasteiger partial charge in [-0.25, -0.2) is 8.42 Å². The zero-order valence-corrected chi connectivity index (χ0v) is 22.0. The third-order valence-corrected chi connectivity index (χ3v) is 5.58. The Bertz CT molecular complexity index is 555. The van der Waals surface area contributed by atoms with Gasteiger partial charge in [-0.3, -0.25) is 8.98 Å². The number of nitrogens with zero attached hydrogens (tertiary/aromatic N) is 1. The molecular formula is C24H49N2O6S-. The van der Waals surface area contributed by atoms with Crippen LogP contribution >= 0.6 is 0 Å². The fraction of sp³-hybridized carbons (Fsp3) is 0.875. The van der Waals surface area contributed by atoms with Gasteiger partial charge in [-0.05, 0) is 39.2 Å². The maximum absolute atomic E-state index is 11.7. The first-order chi connectivity index (χ1) is 15.8. The van der Waals surface area contributed by atoms with Crippen molar-refractivity contribution < 1.29 is 27.1 Å². The molecule has 0 radical (unpaired) electrons. The van der Waals surface area contributed by atoms with Crippen molar-refractivity contribution in [2.45, 2.75) is 96.8 Å². The molecule has 0 heterocycles. The number of likely N-dealkylation sites (N-methyl/N-ethyl adjacent to an activating group) is 1. The number of aliphatic hydroxyl groups excluding tert-OH is 1. The molecule has 8 nitrogen and oxygen atoms in total. The third kappa shape index (κ3) is 33.3. The zero-order valence-electron chi connectivity index (χ0n) is 21.2. The average Bonchev–Trinajstić information content (AvgIpc) is 2.76. The summed E-state index contributed by atoms with van der Waals surface area (Å²) in [7, 11) is -1.65. The summed E-state index contributed by atoms with van der Waals surface area (Å²) in [6.45, 7) is 4.55. The molecule has 0 bridgehead atoms. The van der Waals surface area contributed by atoms with Crippen LogP contribution in [0.4, 0.5) is 0 Å². The van der Waals surface area contributed by atoms with Crippen molar-refractivity contribution in [3.05, 3.63) is 12.2 Å². The van der Waals surface area contributed by atoms with Crippen LogP contribution in [0.5, 0.6) is 0 Å². The molecule has 1 amide bonds. The van der Waals surface area contributed by atoms with Crippen molar-refractivity contribution in [1.82, 2.24) is 10.2 Å². The minimum absolute atomic E-state index is 0.157. The standard InChI is InChI=1S/C23H46N2O2.CH4O4S/c1-3-4-5-6-7-8-9-10-11-12-13-14-15-16-17-18-23(27)24-19-20-25(2)21-22-26;1-5-6(2,3)4/h10-11,26H,3-9,12-22H2,1-2H3,(H,24,27);1H3,(H,2,3,4)/p-1/b11-10-;. The lowest BCUT2D eigenvalue weighted by Crippen LogP contribution is -2.34. The normalized spacial score (nSPS) is 11.6. The molecule has 0 aromatic carbocycles. The number of carbonyl (C=O) groups excluding carboxylic acids is 1. The maximum Gasteiger partial charge on any atom is 0.220 e. The molecule has 33 heavy (non-hydrogen) atoms. The van der Waals surface area contributed by atoms with Gasteiger partial charge in [-0.2, -0.15) is 0 Å². The van der Waals surface area contributed by atoms with Gasteiger partial charge in [0.05, 0.1) is 13.7 Å². The predicted octanol–water partition coefficient (Wildman–Crippen LogP) is 4.16. The molecular weight excluding hydrogens is 444 g/mol. The first kappa shape index (κ1) is 34.2. The Morgan fingerprint density at radius 1 is 0.939 bits per heavy atom. The lowest BCUT2D eigenvalue weighted by molar-refractivity contribution is -0.121. The van der Waals surface area contributed by atoms with Gasteiger partial charge < -0.3 is 19.9 Å². The smallest absolute Gasteiger partial charge is 0.220 e. The fourth-order valence-electron chi connectivity index (χ4n) is 3.11.